The standard InChI is InChI=1S/C9H18N2O2/c1-13-9(12)7-11-8-3-2-5-10-6-4-8/h8,10-11H,2-7H2,1H3. The maximum atomic E-state index is 10.8. The van der Waals surface area contributed by atoms with Crippen molar-refractivity contribution in [3.8, 4) is 0 Å². The van der Waals surface area contributed by atoms with Crippen molar-refractivity contribution in [2.45, 2.75) is 25.3 Å². The molecule has 1 rings (SSSR count). The van der Waals surface area contributed by atoms with E-state index < -0.39 is 0 Å². The van der Waals surface area contributed by atoms with E-state index in [2.05, 4.69) is 15.4 Å². The van der Waals surface area contributed by atoms with Gasteiger partial charge in [0, 0.05) is 6.04 Å². The molecule has 0 aromatic carbocycles. The zero-order valence-electron chi connectivity index (χ0n) is 8.14. The van der Waals surface area contributed by atoms with Crippen LogP contribution in [0.15, 0.2) is 0 Å². The van der Waals surface area contributed by atoms with Crippen LogP contribution < -0.4 is 10.6 Å². The number of esters is 1. The Kier molecular flexibility index (Phi) is 4.78. The first-order valence-electron chi connectivity index (χ1n) is 4.84. The van der Waals surface area contributed by atoms with E-state index >= 15 is 0 Å². The second-order valence-corrected chi connectivity index (χ2v) is 3.33. The highest BCUT2D eigenvalue weighted by molar-refractivity contribution is 5.71. The number of hydrogen-bond donors (Lipinski definition) is 2. The van der Waals surface area contributed by atoms with Gasteiger partial charge in [-0.2, -0.15) is 0 Å². The van der Waals surface area contributed by atoms with Crippen LogP contribution in [0.2, 0.25) is 0 Å². The predicted molar refractivity (Wildman–Crippen MR) is 50.5 cm³/mol. The van der Waals surface area contributed by atoms with Gasteiger partial charge in [-0.1, -0.05) is 0 Å². The number of rotatable bonds is 3. The molecule has 4 nitrogen and oxygen atoms in total. The third-order valence-electron chi connectivity index (χ3n) is 2.34. The molecule has 1 fully saturated rings. The van der Waals surface area contributed by atoms with Gasteiger partial charge in [0.15, 0.2) is 0 Å². The summed E-state index contributed by atoms with van der Waals surface area (Å²) in [6.45, 7) is 2.47. The van der Waals surface area contributed by atoms with Crippen LogP contribution in [0.25, 0.3) is 0 Å². The van der Waals surface area contributed by atoms with E-state index in [0.717, 1.165) is 25.9 Å². The Balaban J connectivity index is 2.15. The summed E-state index contributed by atoms with van der Waals surface area (Å²) in [5.41, 5.74) is 0. The van der Waals surface area contributed by atoms with Crippen LogP contribution in [0.3, 0.4) is 0 Å². The SMILES string of the molecule is COC(=O)CNC1CCCNCC1. The molecule has 1 aliphatic heterocycles. The zero-order chi connectivity index (χ0) is 9.52. The van der Waals surface area contributed by atoms with E-state index in [1.54, 1.807) is 0 Å². The molecular formula is C9H18N2O2. The van der Waals surface area contributed by atoms with E-state index in [1.165, 1.54) is 13.5 Å². The molecule has 0 aliphatic carbocycles. The first-order valence-corrected chi connectivity index (χ1v) is 4.84. The summed E-state index contributed by atoms with van der Waals surface area (Å²) in [5.74, 6) is -0.183. The Hall–Kier alpha value is -0.610. The van der Waals surface area contributed by atoms with Gasteiger partial charge in [0.1, 0.15) is 0 Å². The van der Waals surface area contributed by atoms with Crippen LogP contribution in [-0.4, -0.2) is 38.8 Å². The Labute approximate surface area is 79.0 Å². The van der Waals surface area contributed by atoms with Gasteiger partial charge in [-0.3, -0.25) is 4.79 Å². The second-order valence-electron chi connectivity index (χ2n) is 3.33. The quantitative estimate of drug-likeness (QED) is 0.604. The van der Waals surface area contributed by atoms with Crippen LogP contribution in [0.5, 0.6) is 0 Å². The van der Waals surface area contributed by atoms with Crippen molar-refractivity contribution in [2.24, 2.45) is 0 Å². The number of hydrogen-bond acceptors (Lipinski definition) is 4. The van der Waals surface area contributed by atoms with Gasteiger partial charge < -0.3 is 15.4 Å². The van der Waals surface area contributed by atoms with Crippen molar-refractivity contribution in [2.75, 3.05) is 26.7 Å². The minimum atomic E-state index is -0.183. The Morgan fingerprint density at radius 1 is 1.54 bits per heavy atom. The third-order valence-corrected chi connectivity index (χ3v) is 2.34. The van der Waals surface area contributed by atoms with E-state index in [1.807, 2.05) is 0 Å². The fourth-order valence-corrected chi connectivity index (χ4v) is 1.52. The Morgan fingerprint density at radius 2 is 2.38 bits per heavy atom. The number of carbonyl (C=O) groups is 1. The maximum absolute atomic E-state index is 10.8. The predicted octanol–water partition coefficient (Wildman–Crippen LogP) is -0.109. The summed E-state index contributed by atoms with van der Waals surface area (Å²) < 4.78 is 4.56. The summed E-state index contributed by atoms with van der Waals surface area (Å²) in [4.78, 5) is 10.8. The number of carbonyl (C=O) groups excluding carboxylic acids is 1. The summed E-state index contributed by atoms with van der Waals surface area (Å²) >= 11 is 0. The molecule has 0 bridgehead atoms. The molecule has 1 saturated heterocycles. The molecule has 1 aliphatic rings. The highest BCUT2D eigenvalue weighted by Gasteiger charge is 2.12. The van der Waals surface area contributed by atoms with Crippen LogP contribution in [0.1, 0.15) is 19.3 Å². The third kappa shape index (κ3) is 4.24. The van der Waals surface area contributed by atoms with Gasteiger partial charge in [-0.05, 0) is 32.4 Å². The molecule has 2 N–H and O–H groups in total. The normalized spacial score (nSPS) is 23.6. The van der Waals surface area contributed by atoms with Gasteiger partial charge in [0.2, 0.25) is 0 Å². The largest absolute Gasteiger partial charge is 0.468 e. The van der Waals surface area contributed by atoms with Crippen molar-refractivity contribution in [1.29, 1.82) is 0 Å². The minimum Gasteiger partial charge on any atom is -0.468 e. The lowest BCUT2D eigenvalue weighted by Gasteiger charge is -2.14. The molecule has 0 aromatic rings. The molecular weight excluding hydrogens is 168 g/mol. The van der Waals surface area contributed by atoms with E-state index in [0.29, 0.717) is 12.6 Å². The van der Waals surface area contributed by atoms with Crippen molar-refractivity contribution in [3.05, 3.63) is 0 Å². The first-order chi connectivity index (χ1) is 6.33. The van der Waals surface area contributed by atoms with Crippen molar-refractivity contribution in [1.82, 2.24) is 10.6 Å². The number of methoxy groups -OCH3 is 1. The van der Waals surface area contributed by atoms with Crippen molar-refractivity contribution < 1.29 is 9.53 Å². The molecule has 1 heterocycles. The molecule has 0 amide bonds. The van der Waals surface area contributed by atoms with Crippen molar-refractivity contribution >= 4 is 5.97 Å². The fraction of sp³-hybridized carbons (Fsp3) is 0.889. The smallest absolute Gasteiger partial charge is 0.319 e. The van der Waals surface area contributed by atoms with Gasteiger partial charge in [0.25, 0.3) is 0 Å². The van der Waals surface area contributed by atoms with Crippen LogP contribution in [0.4, 0.5) is 0 Å². The molecule has 13 heavy (non-hydrogen) atoms. The van der Waals surface area contributed by atoms with Crippen molar-refractivity contribution in [3.63, 3.8) is 0 Å². The Morgan fingerprint density at radius 3 is 3.15 bits per heavy atom. The lowest BCUT2D eigenvalue weighted by Crippen LogP contribution is -2.34. The minimum absolute atomic E-state index is 0.183. The average Bonchev–Trinajstić information content (AvgIpc) is 2.42. The van der Waals surface area contributed by atoms with E-state index in [-0.39, 0.29) is 5.97 Å². The van der Waals surface area contributed by atoms with E-state index in [4.69, 9.17) is 0 Å². The molecule has 0 radical (unpaired) electrons. The molecule has 76 valence electrons. The number of ether oxygens (including phenoxy) is 1. The molecule has 1 atom stereocenters. The van der Waals surface area contributed by atoms with Crippen LogP contribution in [-0.2, 0) is 9.53 Å². The van der Waals surface area contributed by atoms with Gasteiger partial charge >= 0.3 is 5.97 Å². The van der Waals surface area contributed by atoms with E-state index in [9.17, 15) is 4.79 Å². The summed E-state index contributed by atoms with van der Waals surface area (Å²) in [7, 11) is 1.42. The lowest BCUT2D eigenvalue weighted by molar-refractivity contribution is -0.139. The van der Waals surface area contributed by atoms with Crippen LogP contribution >= 0.6 is 0 Å². The molecule has 0 aromatic heterocycles. The molecule has 0 saturated carbocycles. The monoisotopic (exact) mass is 186 g/mol. The summed E-state index contributed by atoms with van der Waals surface area (Å²) in [6.07, 6.45) is 3.42. The summed E-state index contributed by atoms with van der Waals surface area (Å²) in [6, 6.07) is 0.467. The van der Waals surface area contributed by atoms with Gasteiger partial charge in [-0.15, -0.1) is 0 Å². The highest BCUT2D eigenvalue weighted by atomic mass is 16.5. The van der Waals surface area contributed by atoms with Gasteiger partial charge in [0.05, 0.1) is 13.7 Å². The maximum Gasteiger partial charge on any atom is 0.319 e. The molecule has 4 heteroatoms. The first kappa shape index (κ1) is 10.5. The Bertz CT molecular complexity index is 154. The van der Waals surface area contributed by atoms with Crippen LogP contribution in [0, 0.1) is 0 Å². The average molecular weight is 186 g/mol. The zero-order valence-corrected chi connectivity index (χ0v) is 8.14. The summed E-state index contributed by atoms with van der Waals surface area (Å²) in [5, 5.41) is 6.52. The second kappa shape index (κ2) is 5.94. The lowest BCUT2D eigenvalue weighted by atomic mass is 10.1. The topological polar surface area (TPSA) is 50.4 Å². The van der Waals surface area contributed by atoms with Gasteiger partial charge in [-0.25, -0.2) is 0 Å². The molecule has 0 spiro atoms. The molecule has 1 unspecified atom stereocenters. The number of nitrogens with one attached hydrogen (secondary N) is 2. The fourth-order valence-electron chi connectivity index (χ4n) is 1.52. The highest BCUT2D eigenvalue weighted by Crippen LogP contribution is 2.04.